The number of hydrogen-bond acceptors (Lipinski definition) is 4. The van der Waals surface area contributed by atoms with Gasteiger partial charge in [0.2, 0.25) is 0 Å². The molecular formula is C36H62BaO4. The second-order valence-corrected chi connectivity index (χ2v) is 10.7. The topological polar surface area (TPSA) is 80.3 Å². The Morgan fingerprint density at radius 2 is 0.683 bits per heavy atom. The Kier molecular flexibility index (Phi) is 45.6. The van der Waals surface area contributed by atoms with Crippen LogP contribution in [0.5, 0.6) is 0 Å². The van der Waals surface area contributed by atoms with Crippen LogP contribution < -0.4 is 10.2 Å². The molecule has 4 nitrogen and oxygen atoms in total. The van der Waals surface area contributed by atoms with Gasteiger partial charge in [-0.25, -0.2) is 0 Å². The number of rotatable bonds is 28. The van der Waals surface area contributed by atoms with E-state index in [0.29, 0.717) is 0 Å². The molecule has 0 saturated heterocycles. The molecule has 41 heavy (non-hydrogen) atoms. The van der Waals surface area contributed by atoms with E-state index in [1.807, 2.05) is 0 Å². The van der Waals surface area contributed by atoms with Crippen LogP contribution >= 0.6 is 0 Å². The van der Waals surface area contributed by atoms with Crippen LogP contribution in [0.3, 0.4) is 0 Å². The van der Waals surface area contributed by atoms with Crippen molar-refractivity contribution in [3.63, 3.8) is 0 Å². The van der Waals surface area contributed by atoms with E-state index in [0.717, 1.165) is 64.2 Å². The predicted molar refractivity (Wildman–Crippen MR) is 174 cm³/mol. The third-order valence-corrected chi connectivity index (χ3v) is 6.66. The summed E-state index contributed by atoms with van der Waals surface area (Å²) in [4.78, 5) is 20.4. The second-order valence-electron chi connectivity index (χ2n) is 10.7. The van der Waals surface area contributed by atoms with Gasteiger partial charge in [0.1, 0.15) is 0 Å². The normalized spacial score (nSPS) is 11.4. The Morgan fingerprint density at radius 1 is 0.415 bits per heavy atom. The molecular weight excluding hydrogens is 634 g/mol. The maximum atomic E-state index is 10.2. The molecule has 0 aliphatic heterocycles. The van der Waals surface area contributed by atoms with E-state index >= 15 is 0 Å². The molecule has 0 aromatic carbocycles. The zero-order chi connectivity index (χ0) is 29.8. The largest absolute Gasteiger partial charge is 2.00 e. The van der Waals surface area contributed by atoms with Gasteiger partial charge in [-0.3, -0.25) is 0 Å². The van der Waals surface area contributed by atoms with Gasteiger partial charge in [0.15, 0.2) is 0 Å². The van der Waals surface area contributed by atoms with E-state index < -0.39 is 11.9 Å². The summed E-state index contributed by atoms with van der Waals surface area (Å²) < 4.78 is 0. The first kappa shape index (κ1) is 44.9. The predicted octanol–water partition coefficient (Wildman–Crippen LogP) is 8.72. The van der Waals surface area contributed by atoms with Crippen LogP contribution in [0.25, 0.3) is 0 Å². The van der Waals surface area contributed by atoms with Crippen LogP contribution in [-0.2, 0) is 9.59 Å². The summed E-state index contributed by atoms with van der Waals surface area (Å²) in [6, 6.07) is 0. The Balaban J connectivity index is -0.000000688. The van der Waals surface area contributed by atoms with Crippen LogP contribution in [0, 0.1) is 0 Å². The molecule has 0 bridgehead atoms. The molecule has 0 aliphatic rings. The average molecular weight is 696 g/mol. The van der Waals surface area contributed by atoms with Gasteiger partial charge in [-0.2, -0.15) is 0 Å². The van der Waals surface area contributed by atoms with Gasteiger partial charge in [0, 0.05) is 11.9 Å². The van der Waals surface area contributed by atoms with Crippen molar-refractivity contribution in [2.24, 2.45) is 0 Å². The second kappa shape index (κ2) is 41.6. The monoisotopic (exact) mass is 696 g/mol. The van der Waals surface area contributed by atoms with Crippen molar-refractivity contribution in [2.75, 3.05) is 0 Å². The Bertz CT molecular complexity index is 596. The molecule has 0 N–H and O–H groups in total. The smallest absolute Gasteiger partial charge is 0.550 e. The fourth-order valence-electron chi connectivity index (χ4n) is 4.16. The van der Waals surface area contributed by atoms with E-state index in [4.69, 9.17) is 0 Å². The van der Waals surface area contributed by atoms with Crippen molar-refractivity contribution in [1.29, 1.82) is 0 Å². The molecule has 0 fully saturated rings. The molecule has 232 valence electrons. The van der Waals surface area contributed by atoms with E-state index in [1.54, 1.807) is 0 Å². The summed E-state index contributed by atoms with van der Waals surface area (Å²) in [5.41, 5.74) is 0. The number of carbonyl (C=O) groups excluding carboxylic acids is 2. The van der Waals surface area contributed by atoms with Crippen molar-refractivity contribution in [1.82, 2.24) is 0 Å². The van der Waals surface area contributed by atoms with Crippen molar-refractivity contribution in [3.8, 4) is 0 Å². The quantitative estimate of drug-likeness (QED) is 0.0466. The van der Waals surface area contributed by atoms with Gasteiger partial charge in [-0.15, -0.1) is 0 Å². The number of unbranched alkanes of at least 4 members (excludes halogenated alkanes) is 16. The molecule has 0 spiro atoms. The zero-order valence-corrected chi connectivity index (χ0v) is 31.4. The van der Waals surface area contributed by atoms with Crippen LogP contribution in [-0.4, -0.2) is 60.8 Å². The Morgan fingerprint density at radius 3 is 0.976 bits per heavy atom. The van der Waals surface area contributed by atoms with Gasteiger partial charge >= 0.3 is 48.9 Å². The minimum atomic E-state index is -0.921. The maximum Gasteiger partial charge on any atom is 2.00 e. The molecule has 0 aromatic heterocycles. The minimum Gasteiger partial charge on any atom is -0.550 e. The number of carbonyl (C=O) groups is 2. The average Bonchev–Trinajstić information content (AvgIpc) is 2.93. The number of allylic oxidation sites excluding steroid dienone is 8. The van der Waals surface area contributed by atoms with E-state index in [2.05, 4.69) is 62.5 Å². The first-order chi connectivity index (χ1) is 19.5. The summed E-state index contributed by atoms with van der Waals surface area (Å²) in [6.45, 7) is 4.46. The minimum absolute atomic E-state index is 0. The number of hydrogen-bond donors (Lipinski definition) is 0. The molecule has 5 heteroatoms. The summed E-state index contributed by atoms with van der Waals surface area (Å²) in [6.07, 6.45) is 43.9. The van der Waals surface area contributed by atoms with Crippen LogP contribution in [0.2, 0.25) is 0 Å². The number of carboxylic acids is 2. The van der Waals surface area contributed by atoms with E-state index in [-0.39, 0.29) is 61.7 Å². The van der Waals surface area contributed by atoms with Gasteiger partial charge in [-0.1, -0.05) is 127 Å². The standard InChI is InChI=1S/2C18H32O2.Ba/c2*1-2-3-4-5-6-7-8-9-10-11-12-13-14-15-16-17-18(19)20;/h2*6-7,9-10H,2-5,8,11-17H2,1H3,(H,19,20);/q;;+2/p-2/b2*7-6-,10-9-;. The molecule has 0 heterocycles. The summed E-state index contributed by atoms with van der Waals surface area (Å²) >= 11 is 0. The first-order valence-corrected chi connectivity index (χ1v) is 16.5. The van der Waals surface area contributed by atoms with E-state index in [9.17, 15) is 19.8 Å². The van der Waals surface area contributed by atoms with Crippen molar-refractivity contribution < 1.29 is 19.8 Å². The molecule has 0 atom stereocenters. The molecule has 0 unspecified atom stereocenters. The Labute approximate surface area is 294 Å². The van der Waals surface area contributed by atoms with Gasteiger partial charge in [-0.05, 0) is 89.9 Å². The Hall–Kier alpha value is -0.529. The first-order valence-electron chi connectivity index (χ1n) is 16.5. The fraction of sp³-hybridized carbons (Fsp3) is 0.722. The summed E-state index contributed by atoms with van der Waals surface area (Å²) in [5.74, 6) is -1.84. The van der Waals surface area contributed by atoms with Crippen LogP contribution in [0.4, 0.5) is 0 Å². The van der Waals surface area contributed by atoms with Gasteiger partial charge < -0.3 is 19.8 Å². The molecule has 0 aliphatic carbocycles. The van der Waals surface area contributed by atoms with Crippen molar-refractivity contribution in [2.45, 2.75) is 168 Å². The van der Waals surface area contributed by atoms with Crippen molar-refractivity contribution in [3.05, 3.63) is 48.6 Å². The zero-order valence-electron chi connectivity index (χ0n) is 26.9. The molecule has 0 saturated carbocycles. The maximum absolute atomic E-state index is 10.2. The SMILES string of the molecule is CCCCC/C=C\C/C=C\CCCCCCCC(=O)[O-].CCCCC/C=C\C/C=C\CCCCCCCC(=O)[O-].[Ba+2]. The van der Waals surface area contributed by atoms with Gasteiger partial charge in [0.05, 0.1) is 0 Å². The third-order valence-electron chi connectivity index (χ3n) is 6.66. The van der Waals surface area contributed by atoms with Crippen molar-refractivity contribution >= 4 is 60.8 Å². The summed E-state index contributed by atoms with van der Waals surface area (Å²) in [5, 5.41) is 20.4. The molecule has 0 rings (SSSR count). The molecule has 0 aromatic rings. The van der Waals surface area contributed by atoms with Gasteiger partial charge in [0.25, 0.3) is 0 Å². The van der Waals surface area contributed by atoms with Crippen LogP contribution in [0.1, 0.15) is 168 Å². The third kappa shape index (κ3) is 49.5. The van der Waals surface area contributed by atoms with E-state index in [1.165, 1.54) is 77.0 Å². The number of carboxylic acid groups (broad SMARTS) is 2. The molecule has 0 radical (unpaired) electrons. The number of aliphatic carboxylic acids is 2. The summed E-state index contributed by atoms with van der Waals surface area (Å²) in [7, 11) is 0. The van der Waals surface area contributed by atoms with Crippen LogP contribution in [0.15, 0.2) is 48.6 Å². The fourth-order valence-corrected chi connectivity index (χ4v) is 4.16. The molecule has 0 amide bonds.